The van der Waals surface area contributed by atoms with E-state index in [-0.39, 0.29) is 32.0 Å². The molecule has 0 saturated carbocycles. The van der Waals surface area contributed by atoms with Crippen LogP contribution in [0.15, 0.2) is 73.1 Å². The average Bonchev–Trinajstić information content (AvgIpc) is 3.75. The molecule has 0 bridgehead atoms. The molecule has 6 unspecified atom stereocenters. The minimum absolute atomic E-state index is 0.0935. The number of carbonyl (C=O) groups is 3. The van der Waals surface area contributed by atoms with E-state index >= 15 is 0 Å². The van der Waals surface area contributed by atoms with Crippen LogP contribution >= 0.6 is 0 Å². The van der Waals surface area contributed by atoms with Crippen LogP contribution in [0.4, 0.5) is 22.8 Å². The van der Waals surface area contributed by atoms with E-state index in [1.54, 1.807) is 33.2 Å². The van der Waals surface area contributed by atoms with Crippen LogP contribution in [0, 0.1) is 11.3 Å². The molecule has 55 heavy (non-hydrogen) atoms. The van der Waals surface area contributed by atoms with Crippen LogP contribution in [-0.4, -0.2) is 97.0 Å². The number of aliphatic hydroxyl groups is 1. The van der Waals surface area contributed by atoms with Crippen LogP contribution in [0.3, 0.4) is 0 Å². The fraction of sp³-hybridized carbons (Fsp3) is 0.474. The van der Waals surface area contributed by atoms with Crippen molar-refractivity contribution in [3.8, 4) is 16.9 Å². The fourth-order valence-electron chi connectivity index (χ4n) is 6.38. The summed E-state index contributed by atoms with van der Waals surface area (Å²) in [6.45, 7) is 5.50. The van der Waals surface area contributed by atoms with Crippen molar-refractivity contribution in [2.45, 2.75) is 77.1 Å². The van der Waals surface area contributed by atoms with Crippen LogP contribution in [0.1, 0.15) is 38.3 Å². The Labute approximate surface area is 316 Å². The first-order chi connectivity index (χ1) is 26.1. The van der Waals surface area contributed by atoms with E-state index in [2.05, 4.69) is 25.8 Å². The Morgan fingerprint density at radius 2 is 1.67 bits per heavy atom. The summed E-state index contributed by atoms with van der Waals surface area (Å²) in [5.74, 6) is -1.18. The van der Waals surface area contributed by atoms with Crippen LogP contribution in [-0.2, 0) is 36.7 Å². The predicted molar refractivity (Wildman–Crippen MR) is 191 cm³/mol. The van der Waals surface area contributed by atoms with E-state index in [9.17, 15) is 32.7 Å². The lowest BCUT2D eigenvalue weighted by molar-refractivity contribution is -0.274. The van der Waals surface area contributed by atoms with Gasteiger partial charge in [0.25, 0.3) is 0 Å². The number of halogens is 3. The van der Waals surface area contributed by atoms with Crippen molar-refractivity contribution in [3.05, 3.63) is 84.2 Å². The normalized spacial score (nSPS) is 19.8. The number of aliphatic hydroxyl groups excluding tert-OH is 1. The van der Waals surface area contributed by atoms with Gasteiger partial charge in [-0.2, -0.15) is 0 Å². The van der Waals surface area contributed by atoms with Crippen molar-refractivity contribution >= 4 is 18.1 Å². The number of benzene rings is 2. The second-order valence-electron chi connectivity index (χ2n) is 14.4. The Morgan fingerprint density at radius 3 is 2.31 bits per heavy atom. The smallest absolute Gasteiger partial charge is 0.453 e. The zero-order chi connectivity index (χ0) is 39.8. The number of hydrogen-bond acceptors (Lipinski definition) is 11. The molecule has 0 aliphatic carbocycles. The lowest BCUT2D eigenvalue weighted by Gasteiger charge is -2.34. The molecule has 5 rings (SSSR count). The van der Waals surface area contributed by atoms with Gasteiger partial charge >= 0.3 is 18.5 Å². The molecule has 3 heterocycles. The van der Waals surface area contributed by atoms with Gasteiger partial charge < -0.3 is 39.4 Å². The van der Waals surface area contributed by atoms with Gasteiger partial charge in [-0.25, -0.2) is 14.6 Å². The Balaban J connectivity index is 1.38. The number of ether oxygens (including phenoxy) is 5. The molecule has 6 atom stereocenters. The first-order valence-electron chi connectivity index (χ1n) is 17.7. The zero-order valence-electron chi connectivity index (χ0n) is 30.9. The van der Waals surface area contributed by atoms with Gasteiger partial charge in [-0.3, -0.25) is 15.2 Å². The number of amides is 3. The van der Waals surface area contributed by atoms with Gasteiger partial charge in [-0.05, 0) is 58.7 Å². The maximum absolute atomic E-state index is 13.8. The summed E-state index contributed by atoms with van der Waals surface area (Å²) in [6, 6.07) is 14.2. The van der Waals surface area contributed by atoms with Gasteiger partial charge in [0.15, 0.2) is 6.29 Å². The van der Waals surface area contributed by atoms with Crippen LogP contribution < -0.4 is 20.8 Å². The summed E-state index contributed by atoms with van der Waals surface area (Å²) in [5.41, 5.74) is 4.88. The molecule has 2 saturated heterocycles. The molecule has 298 valence electrons. The highest BCUT2D eigenvalue weighted by Crippen LogP contribution is 2.33. The number of carbonyl (C=O) groups excluding carboxylic acids is 3. The molecular weight excluding hydrogens is 727 g/mol. The molecule has 1 aromatic heterocycles. The number of hydrogen-bond donors (Lipinski definition) is 4. The zero-order valence-corrected chi connectivity index (χ0v) is 30.9. The molecule has 3 aromatic rings. The average molecular weight is 774 g/mol. The van der Waals surface area contributed by atoms with Crippen LogP contribution in [0.5, 0.6) is 5.75 Å². The first-order valence-corrected chi connectivity index (χ1v) is 17.7. The van der Waals surface area contributed by atoms with E-state index in [4.69, 9.17) is 18.9 Å². The highest BCUT2D eigenvalue weighted by Gasteiger charge is 2.44. The molecule has 2 fully saturated rings. The third kappa shape index (κ3) is 12.0. The maximum Gasteiger partial charge on any atom is 0.573 e. The number of alkyl halides is 3. The summed E-state index contributed by atoms with van der Waals surface area (Å²) < 4.78 is 63.9. The topological polar surface area (TPSA) is 170 Å². The summed E-state index contributed by atoms with van der Waals surface area (Å²) >= 11 is 0. The molecule has 2 aromatic carbocycles. The van der Waals surface area contributed by atoms with Crippen LogP contribution in [0.25, 0.3) is 11.1 Å². The van der Waals surface area contributed by atoms with Gasteiger partial charge in [-0.1, -0.05) is 63.2 Å². The monoisotopic (exact) mass is 773 g/mol. The lowest BCUT2D eigenvalue weighted by atomic mass is 9.85. The predicted octanol–water partition coefficient (Wildman–Crippen LogP) is 4.71. The number of alkyl carbamates (subject to hydrolysis) is 1. The van der Waals surface area contributed by atoms with E-state index in [1.807, 2.05) is 36.4 Å². The first kappa shape index (κ1) is 41.2. The van der Waals surface area contributed by atoms with Gasteiger partial charge in [0, 0.05) is 25.5 Å². The molecule has 0 radical (unpaired) electrons. The van der Waals surface area contributed by atoms with Crippen molar-refractivity contribution in [1.82, 2.24) is 26.1 Å². The maximum atomic E-state index is 13.8. The Morgan fingerprint density at radius 1 is 0.964 bits per heavy atom. The van der Waals surface area contributed by atoms with Gasteiger partial charge in [0.05, 0.1) is 38.4 Å². The largest absolute Gasteiger partial charge is 0.573 e. The van der Waals surface area contributed by atoms with E-state index in [0.717, 1.165) is 28.8 Å². The second kappa shape index (κ2) is 18.1. The molecule has 4 N–H and O–H groups in total. The lowest BCUT2D eigenvalue weighted by Crippen LogP contribution is -2.59. The summed E-state index contributed by atoms with van der Waals surface area (Å²) in [7, 11) is 1.18. The SMILES string of the molecule is COC(=O)NC(C(=O)NC(Cc1ccc(-c2cccnc2)cc1)C(O)CN(Cc1ccc(OC(F)(F)F)cc1)NC(=O)OC1COC2OCCC12)C(C)(C)C. The second-order valence-corrected chi connectivity index (χ2v) is 14.4. The van der Waals surface area contributed by atoms with Crippen molar-refractivity contribution in [1.29, 1.82) is 0 Å². The minimum Gasteiger partial charge on any atom is -0.453 e. The summed E-state index contributed by atoms with van der Waals surface area (Å²) in [6.07, 6.45) is -4.81. The van der Waals surface area contributed by atoms with Gasteiger partial charge in [0.2, 0.25) is 5.91 Å². The van der Waals surface area contributed by atoms with Gasteiger partial charge in [0.1, 0.15) is 17.9 Å². The molecule has 17 heteroatoms. The molecule has 3 amide bonds. The molecule has 2 aliphatic heterocycles. The van der Waals surface area contributed by atoms with E-state index < -0.39 is 66.2 Å². The van der Waals surface area contributed by atoms with E-state index in [1.165, 1.54) is 24.3 Å². The number of hydrazine groups is 1. The highest BCUT2D eigenvalue weighted by atomic mass is 19.4. The number of pyridine rings is 1. The van der Waals surface area contributed by atoms with Crippen molar-refractivity contribution < 1.29 is 56.3 Å². The Kier molecular flexibility index (Phi) is 13.6. The number of nitrogens with zero attached hydrogens (tertiary/aromatic N) is 2. The highest BCUT2D eigenvalue weighted by molar-refractivity contribution is 5.86. The Hall–Kier alpha value is -4.97. The minimum atomic E-state index is -4.88. The molecule has 0 spiro atoms. The van der Waals surface area contributed by atoms with Gasteiger partial charge in [-0.15, -0.1) is 13.2 Å². The number of aromatic nitrogens is 1. The van der Waals surface area contributed by atoms with Crippen molar-refractivity contribution in [2.75, 3.05) is 26.9 Å². The quantitative estimate of drug-likeness (QED) is 0.168. The molecule has 14 nitrogen and oxygen atoms in total. The van der Waals surface area contributed by atoms with Crippen molar-refractivity contribution in [2.24, 2.45) is 11.3 Å². The standard InChI is InChI=1S/C38H46F3N5O9/c1-37(2,3)32(44-35(49)51-4)33(48)43-29(18-23-7-11-25(12-8-23)26-6-5-16-42-19-26)30(47)21-46(20-24-9-13-27(14-10-24)55-38(39,40)41)45-36(50)54-31-22-53-34-28(31)15-17-52-34/h5-14,16,19,28-32,34,47H,15,17-18,20-22H2,1-4H3,(H,43,48)(H,44,49)(H,45,50). The molecule has 2 aliphatic rings. The number of methoxy groups -OCH3 is 1. The Bertz CT molecular complexity index is 1730. The summed E-state index contributed by atoms with van der Waals surface area (Å²) in [5, 5.41) is 18.6. The fourth-order valence-corrected chi connectivity index (χ4v) is 6.38. The number of nitrogens with one attached hydrogen (secondary N) is 3. The number of rotatable bonds is 14. The number of fused-ring (bicyclic) bond motifs is 1. The summed E-state index contributed by atoms with van der Waals surface area (Å²) in [4.78, 5) is 43.5. The van der Waals surface area contributed by atoms with Crippen LogP contribution in [0.2, 0.25) is 0 Å². The third-order valence-electron chi connectivity index (χ3n) is 9.20. The third-order valence-corrected chi connectivity index (χ3v) is 9.20. The van der Waals surface area contributed by atoms with E-state index in [0.29, 0.717) is 18.6 Å². The molecular formula is C38H46F3N5O9. The van der Waals surface area contributed by atoms with Crippen molar-refractivity contribution in [3.63, 3.8) is 0 Å².